The van der Waals surface area contributed by atoms with Crippen LogP contribution in [-0.2, 0) is 16.6 Å². The summed E-state index contributed by atoms with van der Waals surface area (Å²) in [6.45, 7) is -0.110. The fraction of sp³-hybridized carbons (Fsp3) is 0.0769. The fourth-order valence-electron chi connectivity index (χ4n) is 1.68. The lowest BCUT2D eigenvalue weighted by molar-refractivity contribution is 0.282. The summed E-state index contributed by atoms with van der Waals surface area (Å²) in [7, 11) is -3.85. The largest absolute Gasteiger partial charge is 0.392 e. The average Bonchev–Trinajstić information content (AvgIpc) is 2.47. The van der Waals surface area contributed by atoms with Crippen molar-refractivity contribution in [2.45, 2.75) is 11.5 Å². The van der Waals surface area contributed by atoms with Gasteiger partial charge in [-0.25, -0.2) is 8.42 Å². The highest BCUT2D eigenvalue weighted by Crippen LogP contribution is 2.18. The van der Waals surface area contributed by atoms with Crippen LogP contribution in [0.2, 0.25) is 0 Å². The summed E-state index contributed by atoms with van der Waals surface area (Å²) < 4.78 is 27.1. The van der Waals surface area contributed by atoms with Crippen molar-refractivity contribution in [3.8, 4) is 0 Å². The molecule has 0 saturated carbocycles. The molecule has 0 unspecified atom stereocenters. The summed E-state index contributed by atoms with van der Waals surface area (Å²) in [5, 5.41) is 8.96. The Morgan fingerprint density at radius 1 is 1.29 bits per heavy atom. The van der Waals surface area contributed by atoms with Gasteiger partial charge >= 0.3 is 0 Å². The maximum absolute atomic E-state index is 12.4. The molecule has 1 aromatic carbocycles. The SMILES string of the molecule is NC(=S)c1ncccc1S(=O)(=O)Nc1ccc(CO)cc1. The van der Waals surface area contributed by atoms with Crippen molar-refractivity contribution in [3.63, 3.8) is 0 Å². The fourth-order valence-corrected chi connectivity index (χ4v) is 3.14. The van der Waals surface area contributed by atoms with Crippen molar-refractivity contribution < 1.29 is 13.5 Å². The maximum Gasteiger partial charge on any atom is 0.264 e. The molecule has 2 aromatic rings. The molecule has 0 atom stereocenters. The number of rotatable bonds is 5. The van der Waals surface area contributed by atoms with E-state index in [1.165, 1.54) is 18.3 Å². The smallest absolute Gasteiger partial charge is 0.264 e. The Labute approximate surface area is 127 Å². The third-order valence-corrected chi connectivity index (χ3v) is 4.29. The number of nitrogens with two attached hydrogens (primary N) is 1. The Balaban J connectivity index is 2.36. The van der Waals surface area contributed by atoms with Gasteiger partial charge in [0.1, 0.15) is 15.6 Å². The van der Waals surface area contributed by atoms with E-state index in [-0.39, 0.29) is 22.2 Å². The van der Waals surface area contributed by atoms with E-state index in [0.717, 1.165) is 0 Å². The summed E-state index contributed by atoms with van der Waals surface area (Å²) in [6.07, 6.45) is 1.42. The summed E-state index contributed by atoms with van der Waals surface area (Å²) in [4.78, 5) is 3.72. The highest BCUT2D eigenvalue weighted by Gasteiger charge is 2.20. The minimum absolute atomic E-state index is 0.0481. The van der Waals surface area contributed by atoms with Crippen LogP contribution in [0.3, 0.4) is 0 Å². The molecule has 0 fully saturated rings. The summed E-state index contributed by atoms with van der Waals surface area (Å²) in [6, 6.07) is 9.22. The molecule has 4 N–H and O–H groups in total. The maximum atomic E-state index is 12.4. The van der Waals surface area contributed by atoms with Gasteiger partial charge < -0.3 is 10.8 Å². The van der Waals surface area contributed by atoms with E-state index in [4.69, 9.17) is 23.1 Å². The topological polar surface area (TPSA) is 105 Å². The van der Waals surface area contributed by atoms with Crippen molar-refractivity contribution >= 4 is 32.9 Å². The standard InChI is InChI=1S/C13H13N3O3S2/c14-13(20)12-11(2-1-7-15-12)21(18,19)16-10-5-3-9(8-17)4-6-10/h1-7,16-17H,8H2,(H2,14,20). The first-order valence-corrected chi connectivity index (χ1v) is 7.80. The Hall–Kier alpha value is -2.03. The van der Waals surface area contributed by atoms with Gasteiger partial charge in [-0.2, -0.15) is 0 Å². The summed E-state index contributed by atoms with van der Waals surface area (Å²) >= 11 is 4.81. The lowest BCUT2D eigenvalue weighted by Crippen LogP contribution is -2.21. The molecule has 6 nitrogen and oxygen atoms in total. The van der Waals surface area contributed by atoms with Gasteiger partial charge in [0.05, 0.1) is 6.61 Å². The number of aromatic nitrogens is 1. The molecule has 21 heavy (non-hydrogen) atoms. The molecule has 0 aliphatic carbocycles. The van der Waals surface area contributed by atoms with Crippen molar-refractivity contribution in [2.75, 3.05) is 4.72 Å². The van der Waals surface area contributed by atoms with E-state index in [0.29, 0.717) is 11.3 Å². The predicted octanol–water partition coefficient (Wildman–Crippen LogP) is 1.01. The van der Waals surface area contributed by atoms with E-state index in [1.54, 1.807) is 24.3 Å². The van der Waals surface area contributed by atoms with E-state index in [9.17, 15) is 8.42 Å². The molecule has 0 saturated heterocycles. The predicted molar refractivity (Wildman–Crippen MR) is 83.3 cm³/mol. The number of hydrogen-bond donors (Lipinski definition) is 3. The number of nitrogens with zero attached hydrogens (tertiary/aromatic N) is 1. The van der Waals surface area contributed by atoms with Gasteiger partial charge in [-0.3, -0.25) is 9.71 Å². The van der Waals surface area contributed by atoms with E-state index >= 15 is 0 Å². The van der Waals surface area contributed by atoms with Gasteiger partial charge in [-0.05, 0) is 29.8 Å². The lowest BCUT2D eigenvalue weighted by atomic mass is 10.2. The van der Waals surface area contributed by atoms with Gasteiger partial charge in [0.2, 0.25) is 0 Å². The number of aliphatic hydroxyl groups is 1. The molecule has 1 heterocycles. The number of pyridine rings is 1. The van der Waals surface area contributed by atoms with Crippen LogP contribution in [-0.4, -0.2) is 23.5 Å². The summed E-state index contributed by atoms with van der Waals surface area (Å²) in [5.74, 6) is 0. The first kappa shape index (κ1) is 15.4. The Morgan fingerprint density at radius 3 is 2.52 bits per heavy atom. The third kappa shape index (κ3) is 3.54. The highest BCUT2D eigenvalue weighted by molar-refractivity contribution is 7.93. The molecular formula is C13H13N3O3S2. The normalized spacial score (nSPS) is 11.1. The first-order chi connectivity index (χ1) is 9.94. The number of benzene rings is 1. The molecule has 8 heteroatoms. The van der Waals surface area contributed by atoms with Gasteiger partial charge in [-0.15, -0.1) is 0 Å². The van der Waals surface area contributed by atoms with Crippen molar-refractivity contribution in [1.29, 1.82) is 0 Å². The second kappa shape index (κ2) is 6.17. The molecule has 0 aliphatic heterocycles. The Kier molecular flexibility index (Phi) is 4.51. The molecule has 110 valence electrons. The number of thiocarbonyl (C=S) groups is 1. The lowest BCUT2D eigenvalue weighted by Gasteiger charge is -2.11. The van der Waals surface area contributed by atoms with Gasteiger partial charge in [0.15, 0.2) is 0 Å². The molecule has 0 spiro atoms. The second-order valence-corrected chi connectivity index (χ2v) is 6.27. The minimum Gasteiger partial charge on any atom is -0.392 e. The average molecular weight is 323 g/mol. The van der Waals surface area contributed by atoms with Crippen LogP contribution in [0.1, 0.15) is 11.3 Å². The zero-order valence-electron chi connectivity index (χ0n) is 10.9. The molecule has 0 radical (unpaired) electrons. The van der Waals surface area contributed by atoms with Gasteiger partial charge in [0, 0.05) is 11.9 Å². The van der Waals surface area contributed by atoms with Crippen LogP contribution in [0.25, 0.3) is 0 Å². The first-order valence-electron chi connectivity index (χ1n) is 5.91. The van der Waals surface area contributed by atoms with Crippen LogP contribution in [0.5, 0.6) is 0 Å². The van der Waals surface area contributed by atoms with Crippen LogP contribution < -0.4 is 10.5 Å². The van der Waals surface area contributed by atoms with E-state index < -0.39 is 10.0 Å². The van der Waals surface area contributed by atoms with Crippen LogP contribution >= 0.6 is 12.2 Å². The van der Waals surface area contributed by atoms with Crippen molar-refractivity contribution in [3.05, 3.63) is 53.9 Å². The summed E-state index contributed by atoms with van der Waals surface area (Å²) in [5.41, 5.74) is 6.59. The van der Waals surface area contributed by atoms with Crippen LogP contribution in [0.15, 0.2) is 47.5 Å². The molecule has 2 rings (SSSR count). The minimum atomic E-state index is -3.85. The number of nitrogens with one attached hydrogen (secondary N) is 1. The zero-order chi connectivity index (χ0) is 15.5. The number of hydrogen-bond acceptors (Lipinski definition) is 5. The highest BCUT2D eigenvalue weighted by atomic mass is 32.2. The molecular weight excluding hydrogens is 310 g/mol. The van der Waals surface area contributed by atoms with Gasteiger partial charge in [0.25, 0.3) is 10.0 Å². The Bertz CT molecular complexity index is 758. The van der Waals surface area contributed by atoms with Gasteiger partial charge in [-0.1, -0.05) is 24.4 Å². The van der Waals surface area contributed by atoms with E-state index in [1.807, 2.05) is 0 Å². The third-order valence-electron chi connectivity index (χ3n) is 2.68. The van der Waals surface area contributed by atoms with Crippen molar-refractivity contribution in [1.82, 2.24) is 4.98 Å². The van der Waals surface area contributed by atoms with Crippen molar-refractivity contribution in [2.24, 2.45) is 5.73 Å². The number of aliphatic hydroxyl groups excluding tert-OH is 1. The van der Waals surface area contributed by atoms with Crippen LogP contribution in [0.4, 0.5) is 5.69 Å². The monoisotopic (exact) mass is 323 g/mol. The van der Waals surface area contributed by atoms with Crippen LogP contribution in [0, 0.1) is 0 Å². The quantitative estimate of drug-likeness (QED) is 0.709. The number of anilines is 1. The zero-order valence-corrected chi connectivity index (χ0v) is 12.5. The van der Waals surface area contributed by atoms with E-state index in [2.05, 4.69) is 9.71 Å². The molecule has 0 bridgehead atoms. The second-order valence-electron chi connectivity index (χ2n) is 4.17. The Morgan fingerprint density at radius 2 is 1.95 bits per heavy atom. The molecule has 0 amide bonds. The molecule has 0 aliphatic rings. The number of sulfonamides is 1. The molecule has 1 aromatic heterocycles.